The molecule has 1 N–H and O–H groups in total. The number of halogens is 1. The summed E-state index contributed by atoms with van der Waals surface area (Å²) < 4.78 is 6.09. The Labute approximate surface area is 125 Å². The Hall–Kier alpha value is -2.14. The summed E-state index contributed by atoms with van der Waals surface area (Å²) in [5.41, 5.74) is 1.50. The highest BCUT2D eigenvalue weighted by Gasteiger charge is 1.99. The van der Waals surface area contributed by atoms with Crippen LogP contribution < -0.4 is 4.74 Å². The first-order valence-electron chi connectivity index (χ1n) is 5.88. The normalized spacial score (nSPS) is 11.3. The van der Waals surface area contributed by atoms with Crippen LogP contribution in [0.4, 0.5) is 0 Å². The fraction of sp³-hybridized carbons (Fsp3) is 0.0667. The number of aromatic hydroxyl groups is 1. The molecule has 0 heterocycles. The molecule has 0 atom stereocenters. The highest BCUT2D eigenvalue weighted by Crippen LogP contribution is 2.21. The van der Waals surface area contributed by atoms with Gasteiger partial charge >= 0.3 is 0 Å². The lowest BCUT2D eigenvalue weighted by atomic mass is 10.2. The molecule has 0 aliphatic carbocycles. The van der Waals surface area contributed by atoms with Gasteiger partial charge in [0.15, 0.2) is 0 Å². The van der Waals surface area contributed by atoms with Crippen molar-refractivity contribution in [1.29, 1.82) is 0 Å². The third kappa shape index (κ3) is 3.93. The minimum Gasteiger partial charge on any atom is -0.507 e. The number of methoxy groups -OCH3 is 1. The van der Waals surface area contributed by atoms with Crippen LogP contribution in [0.2, 0.25) is 0 Å². The van der Waals surface area contributed by atoms with Crippen molar-refractivity contribution < 1.29 is 9.84 Å². The summed E-state index contributed by atoms with van der Waals surface area (Å²) in [7, 11) is 1.57. The number of rotatable bonds is 4. The van der Waals surface area contributed by atoms with Crippen molar-refractivity contribution in [3.63, 3.8) is 0 Å². The van der Waals surface area contributed by atoms with Gasteiger partial charge in [0.25, 0.3) is 0 Å². The Kier molecular flexibility index (Phi) is 4.90. The molecule has 2 aromatic rings. The van der Waals surface area contributed by atoms with Crippen LogP contribution in [0.25, 0.3) is 0 Å². The molecule has 5 heteroatoms. The Bertz CT molecular complexity index is 637. The molecule has 0 amide bonds. The SMILES string of the molecule is COc1ccc(O)c(/C=N\N=C/c2ccc(Br)cc2)c1. The minimum atomic E-state index is 0.133. The van der Waals surface area contributed by atoms with E-state index in [0.29, 0.717) is 11.3 Å². The molecule has 20 heavy (non-hydrogen) atoms. The summed E-state index contributed by atoms with van der Waals surface area (Å²) in [4.78, 5) is 0. The number of hydrogen-bond donors (Lipinski definition) is 1. The van der Waals surface area contributed by atoms with Crippen LogP contribution in [-0.2, 0) is 0 Å². The molecule has 0 spiro atoms. The molecule has 0 saturated carbocycles. The molecule has 0 aliphatic rings. The monoisotopic (exact) mass is 332 g/mol. The average molecular weight is 333 g/mol. The zero-order valence-corrected chi connectivity index (χ0v) is 12.4. The number of nitrogens with zero attached hydrogens (tertiary/aromatic N) is 2. The van der Waals surface area contributed by atoms with Gasteiger partial charge in [0.05, 0.1) is 19.5 Å². The van der Waals surface area contributed by atoms with Gasteiger partial charge in [-0.1, -0.05) is 28.1 Å². The van der Waals surface area contributed by atoms with Crippen LogP contribution in [0.1, 0.15) is 11.1 Å². The lowest BCUT2D eigenvalue weighted by Gasteiger charge is -2.01. The van der Waals surface area contributed by atoms with E-state index >= 15 is 0 Å². The first-order chi connectivity index (χ1) is 9.69. The van der Waals surface area contributed by atoms with Gasteiger partial charge in [-0.15, -0.1) is 0 Å². The third-order valence-corrected chi connectivity index (χ3v) is 3.10. The number of phenols is 1. The van der Waals surface area contributed by atoms with E-state index in [9.17, 15) is 5.11 Å². The zero-order valence-electron chi connectivity index (χ0n) is 10.8. The van der Waals surface area contributed by atoms with Gasteiger partial charge in [-0.3, -0.25) is 0 Å². The molecule has 2 aromatic carbocycles. The highest BCUT2D eigenvalue weighted by molar-refractivity contribution is 9.10. The molecule has 0 radical (unpaired) electrons. The van der Waals surface area contributed by atoms with Gasteiger partial charge in [0.1, 0.15) is 11.5 Å². The molecule has 4 nitrogen and oxygen atoms in total. The summed E-state index contributed by atoms with van der Waals surface area (Å²) >= 11 is 3.37. The summed E-state index contributed by atoms with van der Waals surface area (Å²) in [5.74, 6) is 0.787. The van der Waals surface area contributed by atoms with Crippen molar-refractivity contribution in [2.24, 2.45) is 10.2 Å². The standard InChI is InChI=1S/C15H13BrN2O2/c1-20-14-6-7-15(19)12(8-14)10-18-17-9-11-2-4-13(16)5-3-11/h2-10,19H,1H3/b17-9-,18-10-. The molecular weight excluding hydrogens is 320 g/mol. The van der Waals surface area contributed by atoms with Crippen molar-refractivity contribution in [3.8, 4) is 11.5 Å². The Morgan fingerprint density at radius 1 is 1.05 bits per heavy atom. The second kappa shape index (κ2) is 6.86. The van der Waals surface area contributed by atoms with E-state index in [-0.39, 0.29) is 5.75 Å². The van der Waals surface area contributed by atoms with Crippen LogP contribution >= 0.6 is 15.9 Å². The molecule has 0 unspecified atom stereocenters. The van der Waals surface area contributed by atoms with Crippen molar-refractivity contribution in [2.75, 3.05) is 7.11 Å². The first-order valence-corrected chi connectivity index (χ1v) is 6.67. The van der Waals surface area contributed by atoms with Crippen molar-refractivity contribution in [1.82, 2.24) is 0 Å². The van der Waals surface area contributed by atoms with Crippen molar-refractivity contribution >= 4 is 28.4 Å². The molecule has 0 aromatic heterocycles. The maximum atomic E-state index is 9.67. The first kappa shape index (κ1) is 14.3. The quantitative estimate of drug-likeness (QED) is 0.686. The van der Waals surface area contributed by atoms with E-state index in [1.165, 1.54) is 6.21 Å². The lowest BCUT2D eigenvalue weighted by molar-refractivity contribution is 0.412. The molecule has 0 aliphatic heterocycles. The molecule has 2 rings (SSSR count). The molecule has 0 saturated heterocycles. The second-order valence-corrected chi connectivity index (χ2v) is 4.88. The van der Waals surface area contributed by atoms with Gasteiger partial charge in [-0.05, 0) is 35.9 Å². The number of phenolic OH excluding ortho intramolecular Hbond substituents is 1. The molecular formula is C15H13BrN2O2. The number of ether oxygens (including phenoxy) is 1. The van der Waals surface area contributed by atoms with Crippen molar-refractivity contribution in [2.45, 2.75) is 0 Å². The van der Waals surface area contributed by atoms with Crippen LogP contribution in [-0.4, -0.2) is 24.6 Å². The smallest absolute Gasteiger partial charge is 0.124 e. The highest BCUT2D eigenvalue weighted by atomic mass is 79.9. The topological polar surface area (TPSA) is 54.2 Å². The fourth-order valence-corrected chi connectivity index (χ4v) is 1.77. The number of hydrogen-bond acceptors (Lipinski definition) is 4. The van der Waals surface area contributed by atoms with Crippen LogP contribution in [0.5, 0.6) is 11.5 Å². The molecule has 102 valence electrons. The molecule has 0 fully saturated rings. The summed E-state index contributed by atoms with van der Waals surface area (Å²) in [6.45, 7) is 0. The largest absolute Gasteiger partial charge is 0.507 e. The van der Waals surface area contributed by atoms with Gasteiger partial charge in [-0.25, -0.2) is 0 Å². The van der Waals surface area contributed by atoms with E-state index in [2.05, 4.69) is 26.1 Å². The zero-order chi connectivity index (χ0) is 14.4. The van der Waals surface area contributed by atoms with Gasteiger partial charge in [0.2, 0.25) is 0 Å². The van der Waals surface area contributed by atoms with E-state index in [4.69, 9.17) is 4.74 Å². The minimum absolute atomic E-state index is 0.133. The van der Waals surface area contributed by atoms with Crippen molar-refractivity contribution in [3.05, 3.63) is 58.1 Å². The number of benzene rings is 2. The molecule has 0 bridgehead atoms. The second-order valence-electron chi connectivity index (χ2n) is 3.97. The third-order valence-electron chi connectivity index (χ3n) is 2.57. The predicted octanol–water partition coefficient (Wildman–Crippen LogP) is 3.62. The van der Waals surface area contributed by atoms with E-state index in [1.807, 2.05) is 24.3 Å². The fourth-order valence-electron chi connectivity index (χ4n) is 1.51. The maximum absolute atomic E-state index is 9.67. The summed E-state index contributed by atoms with van der Waals surface area (Å²) in [6, 6.07) is 12.6. The maximum Gasteiger partial charge on any atom is 0.124 e. The van der Waals surface area contributed by atoms with Gasteiger partial charge in [0, 0.05) is 10.0 Å². The Balaban J connectivity index is 2.08. The van der Waals surface area contributed by atoms with Gasteiger partial charge in [-0.2, -0.15) is 10.2 Å². The summed E-state index contributed by atoms with van der Waals surface area (Å²) in [5, 5.41) is 17.5. The summed E-state index contributed by atoms with van der Waals surface area (Å²) in [6.07, 6.45) is 3.12. The lowest BCUT2D eigenvalue weighted by Crippen LogP contribution is -1.87. The van der Waals surface area contributed by atoms with Crippen LogP contribution in [0.3, 0.4) is 0 Å². The Morgan fingerprint density at radius 3 is 2.45 bits per heavy atom. The average Bonchev–Trinajstić information content (AvgIpc) is 2.47. The van der Waals surface area contributed by atoms with E-state index in [0.717, 1.165) is 10.0 Å². The Morgan fingerprint density at radius 2 is 1.75 bits per heavy atom. The predicted molar refractivity (Wildman–Crippen MR) is 84.0 cm³/mol. The van der Waals surface area contributed by atoms with E-state index < -0.39 is 0 Å². The van der Waals surface area contributed by atoms with Crippen LogP contribution in [0, 0.1) is 0 Å². The van der Waals surface area contributed by atoms with Gasteiger partial charge < -0.3 is 9.84 Å². The van der Waals surface area contributed by atoms with E-state index in [1.54, 1.807) is 31.5 Å². The van der Waals surface area contributed by atoms with Crippen LogP contribution in [0.15, 0.2) is 57.1 Å².